The maximum atomic E-state index is 12.3. The van der Waals surface area contributed by atoms with E-state index in [4.69, 9.17) is 0 Å². The zero-order chi connectivity index (χ0) is 12.3. The number of rotatable bonds is 3. The Balaban J connectivity index is 2.08. The maximum Gasteiger partial charge on any atom is 0.184 e. The molecule has 0 bridgehead atoms. The summed E-state index contributed by atoms with van der Waals surface area (Å²) in [5.74, 6) is 1.09. The Morgan fingerprint density at radius 1 is 1.41 bits per heavy atom. The fraction of sp³-hybridized carbons (Fsp3) is 0.538. The van der Waals surface area contributed by atoms with Crippen molar-refractivity contribution in [2.24, 2.45) is 5.92 Å². The number of nitrogens with zero attached hydrogens (tertiary/aromatic N) is 2. The molecule has 0 atom stereocenters. The Hall–Kier alpha value is -1.42. The number of aromatic nitrogens is 1. The summed E-state index contributed by atoms with van der Waals surface area (Å²) in [5.41, 5.74) is 0.589. The summed E-state index contributed by atoms with van der Waals surface area (Å²) < 4.78 is 0. The third-order valence-electron chi connectivity index (χ3n) is 3.35. The lowest BCUT2D eigenvalue weighted by atomic mass is 9.91. The van der Waals surface area contributed by atoms with Gasteiger partial charge in [-0.25, -0.2) is 4.98 Å². The quantitative estimate of drug-likeness (QED) is 0.806. The molecule has 1 aromatic rings. The van der Waals surface area contributed by atoms with E-state index in [-0.39, 0.29) is 11.7 Å². The van der Waals surface area contributed by atoms with E-state index in [0.717, 1.165) is 31.7 Å². The fourth-order valence-electron chi connectivity index (χ4n) is 2.19. The van der Waals surface area contributed by atoms with E-state index in [9.17, 15) is 4.79 Å². The van der Waals surface area contributed by atoms with Gasteiger partial charge in [-0.3, -0.25) is 4.79 Å². The Morgan fingerprint density at radius 3 is 2.76 bits per heavy atom. The average Bonchev–Trinajstić information content (AvgIpc) is 2.39. The minimum Gasteiger partial charge on any atom is -0.373 e. The third kappa shape index (κ3) is 2.82. The first-order valence-corrected chi connectivity index (χ1v) is 6.08. The van der Waals surface area contributed by atoms with Crippen molar-refractivity contribution in [1.29, 1.82) is 0 Å². The molecule has 92 valence electrons. The van der Waals surface area contributed by atoms with Crippen molar-refractivity contribution in [3.63, 3.8) is 0 Å². The highest BCUT2D eigenvalue weighted by atomic mass is 16.1. The van der Waals surface area contributed by atoms with Crippen LogP contribution in [0.5, 0.6) is 0 Å². The van der Waals surface area contributed by atoms with Crippen LogP contribution in [-0.2, 0) is 0 Å². The summed E-state index contributed by atoms with van der Waals surface area (Å²) in [6.45, 7) is 2.00. The SMILES string of the molecule is CNc1cccc(C(=O)C2CCN(C)CC2)n1. The van der Waals surface area contributed by atoms with Gasteiger partial charge in [0.2, 0.25) is 0 Å². The first-order valence-electron chi connectivity index (χ1n) is 6.08. The van der Waals surface area contributed by atoms with Gasteiger partial charge in [-0.1, -0.05) is 6.07 Å². The number of nitrogens with one attached hydrogen (secondary N) is 1. The number of carbonyl (C=O) groups excluding carboxylic acids is 1. The topological polar surface area (TPSA) is 45.2 Å². The molecule has 0 aromatic carbocycles. The summed E-state index contributed by atoms with van der Waals surface area (Å²) in [5, 5.41) is 2.96. The van der Waals surface area contributed by atoms with Crippen molar-refractivity contribution in [2.45, 2.75) is 12.8 Å². The second-order valence-electron chi connectivity index (χ2n) is 4.60. The maximum absolute atomic E-state index is 12.3. The highest BCUT2D eigenvalue weighted by Gasteiger charge is 2.25. The number of anilines is 1. The number of ketones is 1. The molecule has 0 aliphatic carbocycles. The van der Waals surface area contributed by atoms with Crippen LogP contribution in [0.15, 0.2) is 18.2 Å². The van der Waals surface area contributed by atoms with Gasteiger partial charge < -0.3 is 10.2 Å². The van der Waals surface area contributed by atoms with Crippen molar-refractivity contribution in [3.05, 3.63) is 23.9 Å². The van der Waals surface area contributed by atoms with Crippen LogP contribution in [0.3, 0.4) is 0 Å². The number of Topliss-reactive ketones (excluding diaryl/α,β-unsaturated/α-hetero) is 1. The zero-order valence-corrected chi connectivity index (χ0v) is 10.4. The molecule has 1 aliphatic rings. The lowest BCUT2D eigenvalue weighted by Gasteiger charge is -2.27. The van der Waals surface area contributed by atoms with Crippen LogP contribution >= 0.6 is 0 Å². The molecule has 4 nitrogen and oxygen atoms in total. The van der Waals surface area contributed by atoms with E-state index < -0.39 is 0 Å². The summed E-state index contributed by atoms with van der Waals surface area (Å²) in [6.07, 6.45) is 1.89. The zero-order valence-electron chi connectivity index (χ0n) is 10.4. The van der Waals surface area contributed by atoms with Crippen LogP contribution in [0, 0.1) is 5.92 Å². The number of hydrogen-bond acceptors (Lipinski definition) is 4. The first-order chi connectivity index (χ1) is 8.20. The molecule has 17 heavy (non-hydrogen) atoms. The third-order valence-corrected chi connectivity index (χ3v) is 3.35. The first kappa shape index (κ1) is 12.0. The molecule has 0 radical (unpaired) electrons. The van der Waals surface area contributed by atoms with E-state index in [1.807, 2.05) is 25.2 Å². The molecule has 1 saturated heterocycles. The van der Waals surface area contributed by atoms with Crippen LogP contribution in [-0.4, -0.2) is 42.9 Å². The van der Waals surface area contributed by atoms with Gasteiger partial charge in [0.25, 0.3) is 0 Å². The van der Waals surface area contributed by atoms with E-state index >= 15 is 0 Å². The summed E-state index contributed by atoms with van der Waals surface area (Å²) in [7, 11) is 3.91. The number of carbonyl (C=O) groups is 1. The van der Waals surface area contributed by atoms with Crippen molar-refractivity contribution in [3.8, 4) is 0 Å². The largest absolute Gasteiger partial charge is 0.373 e. The molecule has 1 N–H and O–H groups in total. The molecule has 2 heterocycles. The second kappa shape index (κ2) is 5.27. The fourth-order valence-corrected chi connectivity index (χ4v) is 2.19. The highest BCUT2D eigenvalue weighted by Crippen LogP contribution is 2.20. The molecule has 0 saturated carbocycles. The predicted molar refractivity (Wildman–Crippen MR) is 68.3 cm³/mol. The van der Waals surface area contributed by atoms with Gasteiger partial charge >= 0.3 is 0 Å². The number of pyridine rings is 1. The van der Waals surface area contributed by atoms with Crippen LogP contribution in [0.4, 0.5) is 5.82 Å². The van der Waals surface area contributed by atoms with Gasteiger partial charge in [0.1, 0.15) is 11.5 Å². The number of piperidine rings is 1. The van der Waals surface area contributed by atoms with Gasteiger partial charge in [-0.15, -0.1) is 0 Å². The molecule has 4 heteroatoms. The van der Waals surface area contributed by atoms with E-state index in [1.54, 1.807) is 0 Å². The number of hydrogen-bond donors (Lipinski definition) is 1. The smallest absolute Gasteiger partial charge is 0.184 e. The Bertz CT molecular complexity index is 397. The van der Waals surface area contributed by atoms with Crippen LogP contribution in [0.25, 0.3) is 0 Å². The van der Waals surface area contributed by atoms with Gasteiger partial charge in [0, 0.05) is 13.0 Å². The lowest BCUT2D eigenvalue weighted by molar-refractivity contribution is 0.0851. The monoisotopic (exact) mass is 233 g/mol. The minimum atomic E-state index is 0.144. The number of likely N-dealkylation sites (tertiary alicyclic amines) is 1. The minimum absolute atomic E-state index is 0.144. The van der Waals surface area contributed by atoms with Crippen LogP contribution < -0.4 is 5.32 Å². The molecule has 0 amide bonds. The van der Waals surface area contributed by atoms with E-state index in [0.29, 0.717) is 5.69 Å². The second-order valence-corrected chi connectivity index (χ2v) is 4.60. The molecule has 0 spiro atoms. The van der Waals surface area contributed by atoms with Crippen molar-refractivity contribution >= 4 is 11.6 Å². The van der Waals surface area contributed by atoms with Gasteiger partial charge in [-0.2, -0.15) is 0 Å². The average molecular weight is 233 g/mol. The Morgan fingerprint density at radius 2 is 2.12 bits per heavy atom. The van der Waals surface area contributed by atoms with Gasteiger partial charge in [0.15, 0.2) is 5.78 Å². The molecule has 1 aliphatic heterocycles. The molecule has 0 unspecified atom stereocenters. The standard InChI is InChI=1S/C13H19N3O/c1-14-12-5-3-4-11(15-12)13(17)10-6-8-16(2)9-7-10/h3-5,10H,6-9H2,1-2H3,(H,14,15). The lowest BCUT2D eigenvalue weighted by Crippen LogP contribution is -2.33. The van der Waals surface area contributed by atoms with Crippen molar-refractivity contribution in [1.82, 2.24) is 9.88 Å². The highest BCUT2D eigenvalue weighted by molar-refractivity contribution is 5.96. The Kier molecular flexibility index (Phi) is 3.74. The van der Waals surface area contributed by atoms with Crippen LogP contribution in [0.1, 0.15) is 23.3 Å². The summed E-state index contributed by atoms with van der Waals surface area (Å²) in [4.78, 5) is 18.8. The molecular weight excluding hydrogens is 214 g/mol. The summed E-state index contributed by atoms with van der Waals surface area (Å²) >= 11 is 0. The van der Waals surface area contributed by atoms with Crippen molar-refractivity contribution < 1.29 is 4.79 Å². The summed E-state index contributed by atoms with van der Waals surface area (Å²) in [6, 6.07) is 5.55. The van der Waals surface area contributed by atoms with E-state index in [2.05, 4.69) is 22.2 Å². The normalized spacial score (nSPS) is 18.0. The molecular formula is C13H19N3O. The molecule has 2 rings (SSSR count). The molecule has 1 fully saturated rings. The Labute approximate surface area is 102 Å². The predicted octanol–water partition coefficient (Wildman–Crippen LogP) is 1.65. The van der Waals surface area contributed by atoms with Gasteiger partial charge in [0.05, 0.1) is 0 Å². The van der Waals surface area contributed by atoms with Crippen molar-refractivity contribution in [2.75, 3.05) is 32.5 Å². The van der Waals surface area contributed by atoms with E-state index in [1.165, 1.54) is 0 Å². The molecule has 1 aromatic heterocycles. The van der Waals surface area contributed by atoms with Gasteiger partial charge in [-0.05, 0) is 45.1 Å². The van der Waals surface area contributed by atoms with Crippen LogP contribution in [0.2, 0.25) is 0 Å².